The Kier molecular flexibility index (Phi) is 4.62. The van der Waals surface area contributed by atoms with Crippen LogP contribution in [0.15, 0.2) is 35.1 Å². The maximum atomic E-state index is 12.6. The molecule has 26 heavy (non-hydrogen) atoms. The normalized spacial score (nSPS) is 19.7. The molecule has 0 radical (unpaired) electrons. The van der Waals surface area contributed by atoms with Crippen molar-refractivity contribution in [2.75, 3.05) is 0 Å². The van der Waals surface area contributed by atoms with E-state index in [1.807, 2.05) is 19.1 Å². The van der Waals surface area contributed by atoms with Gasteiger partial charge in [0.25, 0.3) is 11.5 Å². The topological polar surface area (TPSA) is 82.2 Å². The minimum atomic E-state index is -4.69. The predicted molar refractivity (Wildman–Crippen MR) is 87.6 cm³/mol. The molecule has 2 atom stereocenters. The summed E-state index contributed by atoms with van der Waals surface area (Å²) < 4.78 is 37.8. The van der Waals surface area contributed by atoms with Crippen molar-refractivity contribution < 1.29 is 23.1 Å². The lowest BCUT2D eigenvalue weighted by molar-refractivity contribution is -0.141. The van der Waals surface area contributed by atoms with E-state index in [0.29, 0.717) is 24.5 Å². The predicted octanol–water partition coefficient (Wildman–Crippen LogP) is 3.00. The van der Waals surface area contributed by atoms with Crippen LogP contribution in [0.1, 0.15) is 57.7 Å². The molecule has 0 aliphatic heterocycles. The molecule has 0 saturated heterocycles. The van der Waals surface area contributed by atoms with E-state index in [1.165, 1.54) is 0 Å². The number of pyridine rings is 1. The molecule has 1 aromatic heterocycles. The van der Waals surface area contributed by atoms with Crippen molar-refractivity contribution in [1.82, 2.24) is 10.3 Å². The number of carbonyl (C=O) groups excluding carboxylic acids is 1. The molecular weight excluding hydrogens is 349 g/mol. The number of aliphatic hydroxyl groups is 1. The average molecular weight is 366 g/mol. The number of aliphatic hydroxyl groups excluding tert-OH is 1. The molecule has 1 unspecified atom stereocenters. The molecule has 8 heteroatoms. The third-order valence-corrected chi connectivity index (χ3v) is 4.47. The summed E-state index contributed by atoms with van der Waals surface area (Å²) in [6, 6.07) is 6.59. The number of alkyl halides is 3. The van der Waals surface area contributed by atoms with E-state index in [9.17, 15) is 27.9 Å². The van der Waals surface area contributed by atoms with Gasteiger partial charge in [-0.05, 0) is 43.0 Å². The molecule has 1 amide bonds. The zero-order chi connectivity index (χ0) is 19.1. The summed E-state index contributed by atoms with van der Waals surface area (Å²) in [5.74, 6) is -0.757. The molecule has 1 aliphatic carbocycles. The monoisotopic (exact) mass is 366 g/mol. The third-order valence-electron chi connectivity index (χ3n) is 4.47. The summed E-state index contributed by atoms with van der Waals surface area (Å²) in [5, 5.41) is 12.8. The van der Waals surface area contributed by atoms with Crippen LogP contribution in [0.3, 0.4) is 0 Å². The number of carbonyl (C=O) groups is 1. The van der Waals surface area contributed by atoms with E-state index in [2.05, 4.69) is 5.32 Å². The van der Waals surface area contributed by atoms with Crippen LogP contribution in [-0.2, 0) is 6.18 Å². The van der Waals surface area contributed by atoms with E-state index < -0.39 is 41.0 Å². The quantitative estimate of drug-likeness (QED) is 0.764. The third kappa shape index (κ3) is 3.50. The number of hydrogen-bond donors (Lipinski definition) is 3. The van der Waals surface area contributed by atoms with Gasteiger partial charge >= 0.3 is 6.18 Å². The Morgan fingerprint density at radius 1 is 1.19 bits per heavy atom. The summed E-state index contributed by atoms with van der Waals surface area (Å²) in [4.78, 5) is 25.9. The van der Waals surface area contributed by atoms with Gasteiger partial charge < -0.3 is 15.4 Å². The molecule has 3 rings (SSSR count). The molecule has 1 aromatic carbocycles. The fraction of sp³-hybridized carbons (Fsp3) is 0.333. The van der Waals surface area contributed by atoms with Crippen molar-refractivity contribution >= 4 is 5.91 Å². The number of fused-ring (bicyclic) bond motifs is 1. The molecule has 5 nitrogen and oxygen atoms in total. The first-order valence-corrected chi connectivity index (χ1v) is 8.06. The summed E-state index contributed by atoms with van der Waals surface area (Å²) in [6.45, 7) is 1.89. The SMILES string of the molecule is Cc1ccc2c(c1)[C@@H](O)CCC2NC(=O)c1ccc(C(F)(F)F)[nH]c1=O. The van der Waals surface area contributed by atoms with Crippen LogP contribution in [0.4, 0.5) is 13.2 Å². The van der Waals surface area contributed by atoms with E-state index in [0.717, 1.165) is 17.2 Å². The molecule has 3 N–H and O–H groups in total. The van der Waals surface area contributed by atoms with Gasteiger partial charge in [0.2, 0.25) is 0 Å². The van der Waals surface area contributed by atoms with Gasteiger partial charge in [0, 0.05) is 0 Å². The number of benzene rings is 1. The summed E-state index contributed by atoms with van der Waals surface area (Å²) in [6.07, 6.45) is -4.43. The second kappa shape index (κ2) is 6.60. The van der Waals surface area contributed by atoms with Crippen molar-refractivity contribution in [3.05, 3.63) is 68.6 Å². The molecule has 0 spiro atoms. The van der Waals surface area contributed by atoms with Gasteiger partial charge in [-0.2, -0.15) is 13.2 Å². The van der Waals surface area contributed by atoms with E-state index >= 15 is 0 Å². The molecule has 1 aliphatic rings. The van der Waals surface area contributed by atoms with Gasteiger partial charge in [0.15, 0.2) is 0 Å². The second-order valence-electron chi connectivity index (χ2n) is 6.36. The zero-order valence-electron chi connectivity index (χ0n) is 13.9. The van der Waals surface area contributed by atoms with Crippen molar-refractivity contribution in [3.8, 4) is 0 Å². The molecule has 2 aromatic rings. The van der Waals surface area contributed by atoms with Crippen LogP contribution >= 0.6 is 0 Å². The summed E-state index contributed by atoms with van der Waals surface area (Å²) in [5.41, 5.74) is -0.279. The molecule has 0 saturated carbocycles. The van der Waals surface area contributed by atoms with Crippen LogP contribution in [0.2, 0.25) is 0 Å². The number of halogens is 3. The average Bonchev–Trinajstić information content (AvgIpc) is 2.56. The summed E-state index contributed by atoms with van der Waals surface area (Å²) in [7, 11) is 0. The largest absolute Gasteiger partial charge is 0.431 e. The Morgan fingerprint density at radius 3 is 2.58 bits per heavy atom. The van der Waals surface area contributed by atoms with Crippen LogP contribution in [0, 0.1) is 6.92 Å². The lowest BCUT2D eigenvalue weighted by Gasteiger charge is -2.30. The Labute approximate surface area is 146 Å². The van der Waals surface area contributed by atoms with Crippen LogP contribution in [0.25, 0.3) is 0 Å². The fourth-order valence-corrected chi connectivity index (χ4v) is 3.14. The number of aromatic amines is 1. The first-order valence-electron chi connectivity index (χ1n) is 8.06. The minimum absolute atomic E-state index is 0.391. The fourth-order valence-electron chi connectivity index (χ4n) is 3.14. The molecule has 138 valence electrons. The smallest absolute Gasteiger partial charge is 0.388 e. The molecule has 1 heterocycles. The Hall–Kier alpha value is -2.61. The van der Waals surface area contributed by atoms with Gasteiger partial charge in [-0.1, -0.05) is 23.8 Å². The van der Waals surface area contributed by atoms with Gasteiger partial charge in [-0.25, -0.2) is 0 Å². The highest BCUT2D eigenvalue weighted by atomic mass is 19.4. The number of rotatable bonds is 2. The van der Waals surface area contributed by atoms with Crippen molar-refractivity contribution in [2.45, 2.75) is 38.1 Å². The Balaban J connectivity index is 1.86. The van der Waals surface area contributed by atoms with Crippen LogP contribution in [-0.4, -0.2) is 16.0 Å². The first kappa shape index (κ1) is 18.2. The summed E-state index contributed by atoms with van der Waals surface area (Å²) >= 11 is 0. The highest BCUT2D eigenvalue weighted by Gasteiger charge is 2.33. The van der Waals surface area contributed by atoms with Gasteiger partial charge in [0.05, 0.1) is 12.1 Å². The molecule has 0 bridgehead atoms. The number of hydrogen-bond acceptors (Lipinski definition) is 3. The maximum Gasteiger partial charge on any atom is 0.431 e. The highest BCUT2D eigenvalue weighted by molar-refractivity contribution is 5.94. The Bertz CT molecular complexity index is 905. The molecule has 0 fully saturated rings. The standard InChI is InChI=1S/C18H17F3N2O3/c1-9-2-3-10-12(8-9)14(24)6-5-13(10)22-16(25)11-4-7-15(18(19,20)21)23-17(11)26/h2-4,7-8,13-14,24H,5-6H2,1H3,(H,22,25)(H,23,26)/t13?,14-/m0/s1. The number of H-pyrrole nitrogens is 1. The van der Waals surface area contributed by atoms with Crippen molar-refractivity contribution in [1.29, 1.82) is 0 Å². The van der Waals surface area contributed by atoms with Crippen molar-refractivity contribution in [3.63, 3.8) is 0 Å². The lowest BCUT2D eigenvalue weighted by Crippen LogP contribution is -2.35. The highest BCUT2D eigenvalue weighted by Crippen LogP contribution is 2.36. The maximum absolute atomic E-state index is 12.6. The van der Waals surface area contributed by atoms with E-state index in [-0.39, 0.29) is 0 Å². The van der Waals surface area contributed by atoms with Crippen LogP contribution in [0.5, 0.6) is 0 Å². The Morgan fingerprint density at radius 2 is 1.92 bits per heavy atom. The van der Waals surface area contributed by atoms with E-state index in [1.54, 1.807) is 11.1 Å². The van der Waals surface area contributed by atoms with Crippen molar-refractivity contribution in [2.24, 2.45) is 0 Å². The van der Waals surface area contributed by atoms with Gasteiger partial charge in [-0.15, -0.1) is 0 Å². The van der Waals surface area contributed by atoms with Gasteiger partial charge in [0.1, 0.15) is 11.3 Å². The minimum Gasteiger partial charge on any atom is -0.388 e. The number of aryl methyl sites for hydroxylation is 1. The molecular formula is C18H17F3N2O3. The lowest BCUT2D eigenvalue weighted by atomic mass is 9.84. The van der Waals surface area contributed by atoms with Crippen LogP contribution < -0.4 is 10.9 Å². The number of amides is 1. The zero-order valence-corrected chi connectivity index (χ0v) is 13.9. The van der Waals surface area contributed by atoms with Gasteiger partial charge in [-0.3, -0.25) is 9.59 Å². The number of nitrogens with one attached hydrogen (secondary N) is 2. The number of aromatic nitrogens is 1. The first-order chi connectivity index (χ1) is 12.2. The second-order valence-corrected chi connectivity index (χ2v) is 6.36. The van der Waals surface area contributed by atoms with E-state index in [4.69, 9.17) is 0 Å².